The Kier molecular flexibility index (Phi) is 5.37. The normalized spacial score (nSPS) is 12.1. The number of aryl methyl sites for hydroxylation is 1. The van der Waals surface area contributed by atoms with Gasteiger partial charge < -0.3 is 0 Å². The summed E-state index contributed by atoms with van der Waals surface area (Å²) in [6.07, 6.45) is 3.00. The van der Waals surface area contributed by atoms with Gasteiger partial charge in [-0.15, -0.1) is 0 Å². The van der Waals surface area contributed by atoms with Crippen LogP contribution in [0, 0.1) is 22.9 Å². The molecule has 0 aliphatic carbocycles. The van der Waals surface area contributed by atoms with E-state index in [1.165, 1.54) is 30.5 Å². The lowest BCUT2D eigenvalue weighted by molar-refractivity contribution is -0.384. The predicted molar refractivity (Wildman–Crippen MR) is 95.4 cm³/mol. The summed E-state index contributed by atoms with van der Waals surface area (Å²) in [5, 5.41) is 10.8. The van der Waals surface area contributed by atoms with Gasteiger partial charge in [0.15, 0.2) is 0 Å². The van der Waals surface area contributed by atoms with Crippen molar-refractivity contribution >= 4 is 23.2 Å². The molecule has 2 rings (SSSR count). The Balaban J connectivity index is 2.59. The topological polar surface area (TPSA) is 55.5 Å². The number of aliphatic imine (C=N–C) groups is 1. The average Bonchev–Trinajstić information content (AvgIpc) is 2.56. The maximum Gasteiger partial charge on any atom is 0.269 e. The third-order valence-corrected chi connectivity index (χ3v) is 3.56. The molecule has 0 aliphatic rings. The van der Waals surface area contributed by atoms with E-state index in [-0.39, 0.29) is 11.5 Å². The van der Waals surface area contributed by atoms with Gasteiger partial charge in [0.1, 0.15) is 5.82 Å². The molecule has 0 heterocycles. The van der Waals surface area contributed by atoms with Crippen LogP contribution in [-0.2, 0) is 0 Å². The highest BCUT2D eigenvalue weighted by Crippen LogP contribution is 2.30. The Morgan fingerprint density at radius 2 is 1.92 bits per heavy atom. The van der Waals surface area contributed by atoms with Crippen LogP contribution in [0.4, 0.5) is 10.1 Å². The van der Waals surface area contributed by atoms with Crippen LogP contribution in [-0.4, -0.2) is 11.1 Å². The summed E-state index contributed by atoms with van der Waals surface area (Å²) in [5.41, 5.74) is 3.10. The van der Waals surface area contributed by atoms with Crippen molar-refractivity contribution in [1.82, 2.24) is 0 Å². The molecule has 0 saturated carbocycles. The second-order valence-corrected chi connectivity index (χ2v) is 5.27. The highest BCUT2D eigenvalue weighted by atomic mass is 19.1. The summed E-state index contributed by atoms with van der Waals surface area (Å²) in [5.74, 6) is -0.368. The van der Waals surface area contributed by atoms with E-state index in [1.54, 1.807) is 25.1 Å². The number of hydrogen-bond donors (Lipinski definition) is 0. The van der Waals surface area contributed by atoms with Gasteiger partial charge in [0, 0.05) is 23.9 Å². The Bertz CT molecular complexity index is 837. The zero-order valence-electron chi connectivity index (χ0n) is 13.5. The molecular formula is C19H17FN2O2. The van der Waals surface area contributed by atoms with Crippen LogP contribution >= 0.6 is 0 Å². The molecule has 0 aliphatic heterocycles. The van der Waals surface area contributed by atoms with Crippen LogP contribution in [0.1, 0.15) is 23.6 Å². The first-order valence-electron chi connectivity index (χ1n) is 7.31. The Labute approximate surface area is 139 Å². The smallest absolute Gasteiger partial charge is 0.258 e. The second kappa shape index (κ2) is 7.46. The fraction of sp³-hybridized carbons (Fsp3) is 0.105. The maximum absolute atomic E-state index is 14.4. The number of halogens is 1. The van der Waals surface area contributed by atoms with Gasteiger partial charge >= 0.3 is 0 Å². The van der Waals surface area contributed by atoms with Gasteiger partial charge in [-0.1, -0.05) is 18.7 Å². The number of hydrogen-bond acceptors (Lipinski definition) is 3. The molecule has 0 spiro atoms. The first kappa shape index (κ1) is 17.3. The van der Waals surface area contributed by atoms with E-state index in [4.69, 9.17) is 0 Å². The fourth-order valence-corrected chi connectivity index (χ4v) is 2.28. The quantitative estimate of drug-likeness (QED) is 0.329. The molecule has 0 aromatic heterocycles. The van der Waals surface area contributed by atoms with Gasteiger partial charge in [0.05, 0.1) is 10.6 Å². The maximum atomic E-state index is 14.4. The van der Waals surface area contributed by atoms with Crippen LogP contribution in [0.25, 0.3) is 11.3 Å². The fourth-order valence-electron chi connectivity index (χ4n) is 2.28. The van der Waals surface area contributed by atoms with Crippen molar-refractivity contribution in [3.05, 3.63) is 87.7 Å². The molecule has 0 bridgehead atoms. The molecule has 122 valence electrons. The molecule has 5 heteroatoms. The molecule has 0 amide bonds. The monoisotopic (exact) mass is 324 g/mol. The zero-order valence-corrected chi connectivity index (χ0v) is 13.5. The van der Waals surface area contributed by atoms with Crippen LogP contribution in [0.5, 0.6) is 0 Å². The number of rotatable bonds is 5. The van der Waals surface area contributed by atoms with Crippen molar-refractivity contribution < 1.29 is 9.31 Å². The highest BCUT2D eigenvalue weighted by molar-refractivity contribution is 5.93. The first-order valence-corrected chi connectivity index (χ1v) is 7.31. The van der Waals surface area contributed by atoms with Gasteiger partial charge in [-0.3, -0.25) is 15.1 Å². The van der Waals surface area contributed by atoms with Crippen LogP contribution in [0.3, 0.4) is 0 Å². The molecule has 0 radical (unpaired) electrons. The number of nitrogens with zero attached hydrogens (tertiary/aromatic N) is 2. The van der Waals surface area contributed by atoms with Crippen molar-refractivity contribution in [1.29, 1.82) is 0 Å². The van der Waals surface area contributed by atoms with Gasteiger partial charge in [0.2, 0.25) is 0 Å². The van der Waals surface area contributed by atoms with Gasteiger partial charge in [0.25, 0.3) is 5.69 Å². The largest absolute Gasteiger partial charge is 0.269 e. The Morgan fingerprint density at radius 3 is 2.46 bits per heavy atom. The lowest BCUT2D eigenvalue weighted by atomic mass is 9.99. The van der Waals surface area contributed by atoms with E-state index in [1.807, 2.05) is 13.0 Å². The van der Waals surface area contributed by atoms with Crippen molar-refractivity contribution in [2.24, 2.45) is 4.99 Å². The van der Waals surface area contributed by atoms with Crippen LogP contribution in [0.15, 0.2) is 60.1 Å². The van der Waals surface area contributed by atoms with Gasteiger partial charge in [-0.2, -0.15) is 0 Å². The van der Waals surface area contributed by atoms with E-state index in [0.717, 1.165) is 11.1 Å². The lowest BCUT2D eigenvalue weighted by Gasteiger charge is -2.10. The third-order valence-electron chi connectivity index (χ3n) is 3.56. The van der Waals surface area contributed by atoms with Gasteiger partial charge in [-0.05, 0) is 54.8 Å². The van der Waals surface area contributed by atoms with E-state index in [9.17, 15) is 14.5 Å². The van der Waals surface area contributed by atoms with Crippen molar-refractivity contribution in [3.8, 4) is 0 Å². The molecule has 0 N–H and O–H groups in total. The zero-order chi connectivity index (χ0) is 17.7. The molecule has 2 aromatic rings. The minimum absolute atomic E-state index is 0.00390. The molecule has 24 heavy (non-hydrogen) atoms. The first-order chi connectivity index (χ1) is 11.4. The van der Waals surface area contributed by atoms with E-state index in [2.05, 4.69) is 11.6 Å². The number of non-ortho nitro benzene ring substituents is 1. The van der Waals surface area contributed by atoms with Gasteiger partial charge in [-0.25, -0.2) is 4.39 Å². The predicted octanol–water partition coefficient (Wildman–Crippen LogP) is 5.19. The van der Waals surface area contributed by atoms with E-state index in [0.29, 0.717) is 16.8 Å². The molecule has 0 unspecified atom stereocenters. The SMILES string of the molecule is C=CC=N/C(=C(\C)c1ccc([N+](=O)[O-])cc1)c1ccc(C)cc1F. The summed E-state index contributed by atoms with van der Waals surface area (Å²) >= 11 is 0. The summed E-state index contributed by atoms with van der Waals surface area (Å²) in [6.45, 7) is 7.20. The molecule has 0 fully saturated rings. The number of nitro benzene ring substituents is 1. The molecule has 0 saturated heterocycles. The van der Waals surface area contributed by atoms with E-state index < -0.39 is 4.92 Å². The summed E-state index contributed by atoms with van der Waals surface area (Å²) in [4.78, 5) is 14.6. The number of benzene rings is 2. The minimum atomic E-state index is -0.459. The third kappa shape index (κ3) is 3.81. The number of allylic oxidation sites excluding steroid dienone is 2. The summed E-state index contributed by atoms with van der Waals surface area (Å²) < 4.78 is 14.4. The summed E-state index contributed by atoms with van der Waals surface area (Å²) in [7, 11) is 0. The standard InChI is InChI=1S/C19H17FN2O2/c1-4-11-21-19(17-10-5-13(2)12-18(17)20)14(3)15-6-8-16(9-7-15)22(23)24/h4-12H,1H2,2-3H3/b19-14+,21-11?. The van der Waals surface area contributed by atoms with Crippen LogP contribution in [0.2, 0.25) is 0 Å². The van der Waals surface area contributed by atoms with Crippen molar-refractivity contribution in [2.45, 2.75) is 13.8 Å². The second-order valence-electron chi connectivity index (χ2n) is 5.27. The van der Waals surface area contributed by atoms with Crippen molar-refractivity contribution in [2.75, 3.05) is 0 Å². The van der Waals surface area contributed by atoms with E-state index >= 15 is 0 Å². The Hall–Kier alpha value is -3.08. The molecular weight excluding hydrogens is 307 g/mol. The molecule has 0 atom stereocenters. The Morgan fingerprint density at radius 1 is 1.25 bits per heavy atom. The summed E-state index contributed by atoms with van der Waals surface area (Å²) in [6, 6.07) is 11.0. The molecule has 2 aromatic carbocycles. The average molecular weight is 324 g/mol. The lowest BCUT2D eigenvalue weighted by Crippen LogP contribution is -1.94. The van der Waals surface area contributed by atoms with Crippen molar-refractivity contribution in [3.63, 3.8) is 0 Å². The molecule has 4 nitrogen and oxygen atoms in total. The number of nitro groups is 1. The van der Waals surface area contributed by atoms with Crippen LogP contribution < -0.4 is 0 Å². The minimum Gasteiger partial charge on any atom is -0.258 e. The highest BCUT2D eigenvalue weighted by Gasteiger charge is 2.13.